The number of thiophene rings is 1. The van der Waals surface area contributed by atoms with Crippen molar-refractivity contribution in [2.24, 2.45) is 0 Å². The Kier molecular flexibility index (Phi) is 4.58. The van der Waals surface area contributed by atoms with Gasteiger partial charge in [0.25, 0.3) is 5.22 Å². The average Bonchev–Trinajstić information content (AvgIpc) is 3.19. The number of nitrogens with zero attached hydrogens (tertiary/aromatic N) is 4. The van der Waals surface area contributed by atoms with Gasteiger partial charge in [0, 0.05) is 10.8 Å². The first-order valence-electron chi connectivity index (χ1n) is 6.96. The Bertz CT molecular complexity index is 721. The van der Waals surface area contributed by atoms with Crippen molar-refractivity contribution in [3.63, 3.8) is 0 Å². The van der Waals surface area contributed by atoms with Crippen LogP contribution in [0.2, 0.25) is 0 Å². The fraction of sp³-hybridized carbons (Fsp3) is 0.429. The van der Waals surface area contributed by atoms with E-state index in [4.69, 9.17) is 8.94 Å². The minimum Gasteiger partial charge on any atom is -0.416 e. The van der Waals surface area contributed by atoms with Gasteiger partial charge in [0.1, 0.15) is 0 Å². The molecule has 3 heterocycles. The lowest BCUT2D eigenvalue weighted by atomic mass is 10.2. The zero-order valence-electron chi connectivity index (χ0n) is 12.5. The number of hydrogen-bond acceptors (Lipinski definition) is 8. The van der Waals surface area contributed by atoms with E-state index in [9.17, 15) is 0 Å². The van der Waals surface area contributed by atoms with Crippen molar-refractivity contribution < 1.29 is 8.94 Å². The molecule has 3 rings (SSSR count). The molecule has 0 radical (unpaired) electrons. The molecule has 0 fully saturated rings. The SMILES string of the molecule is CC(C)c1noc([C@H](C)Sc2nnc(Cc3cccs3)o2)n1. The van der Waals surface area contributed by atoms with Crippen LogP contribution >= 0.6 is 23.1 Å². The molecule has 0 aliphatic heterocycles. The lowest BCUT2D eigenvalue weighted by Crippen LogP contribution is -1.92. The molecule has 8 heteroatoms. The minimum atomic E-state index is -0.0324. The summed E-state index contributed by atoms with van der Waals surface area (Å²) in [7, 11) is 0. The van der Waals surface area contributed by atoms with Crippen molar-refractivity contribution in [3.05, 3.63) is 40.0 Å². The van der Waals surface area contributed by atoms with Crippen LogP contribution in [-0.2, 0) is 6.42 Å². The predicted octanol–water partition coefficient (Wildman–Crippen LogP) is 4.08. The van der Waals surface area contributed by atoms with Crippen LogP contribution in [0.1, 0.15) is 54.4 Å². The molecule has 6 nitrogen and oxygen atoms in total. The Morgan fingerprint density at radius 2 is 2.14 bits per heavy atom. The maximum Gasteiger partial charge on any atom is 0.277 e. The van der Waals surface area contributed by atoms with Gasteiger partial charge in [-0.15, -0.1) is 21.5 Å². The number of rotatable bonds is 6. The molecule has 1 atom stereocenters. The first-order valence-corrected chi connectivity index (χ1v) is 8.72. The van der Waals surface area contributed by atoms with E-state index in [0.717, 1.165) is 0 Å². The van der Waals surface area contributed by atoms with Gasteiger partial charge in [0.2, 0.25) is 11.8 Å². The smallest absolute Gasteiger partial charge is 0.277 e. The maximum absolute atomic E-state index is 5.66. The molecule has 3 aromatic rings. The second kappa shape index (κ2) is 6.62. The summed E-state index contributed by atoms with van der Waals surface area (Å²) in [5, 5.41) is 14.6. The van der Waals surface area contributed by atoms with Crippen molar-refractivity contribution >= 4 is 23.1 Å². The third-order valence-corrected chi connectivity index (χ3v) is 4.75. The van der Waals surface area contributed by atoms with Crippen LogP contribution in [-0.4, -0.2) is 20.3 Å². The van der Waals surface area contributed by atoms with Crippen LogP contribution < -0.4 is 0 Å². The molecule has 0 spiro atoms. The largest absolute Gasteiger partial charge is 0.416 e. The van der Waals surface area contributed by atoms with Crippen LogP contribution in [0.5, 0.6) is 0 Å². The summed E-state index contributed by atoms with van der Waals surface area (Å²) in [6, 6.07) is 4.06. The Morgan fingerprint density at radius 3 is 2.82 bits per heavy atom. The number of thioether (sulfide) groups is 1. The third kappa shape index (κ3) is 3.56. The molecular weight excluding hydrogens is 320 g/mol. The molecule has 3 aromatic heterocycles. The molecule has 0 aliphatic carbocycles. The molecule has 22 heavy (non-hydrogen) atoms. The van der Waals surface area contributed by atoms with Crippen LogP contribution in [0.25, 0.3) is 0 Å². The first kappa shape index (κ1) is 15.2. The van der Waals surface area contributed by atoms with Crippen molar-refractivity contribution in [2.45, 2.75) is 43.6 Å². The van der Waals surface area contributed by atoms with Crippen LogP contribution in [0, 0.1) is 0 Å². The summed E-state index contributed by atoms with van der Waals surface area (Å²) in [4.78, 5) is 5.59. The van der Waals surface area contributed by atoms with E-state index in [0.29, 0.717) is 29.2 Å². The number of aromatic nitrogens is 4. The van der Waals surface area contributed by atoms with Crippen LogP contribution in [0.4, 0.5) is 0 Å². The highest BCUT2D eigenvalue weighted by molar-refractivity contribution is 7.99. The molecule has 0 saturated heterocycles. The fourth-order valence-corrected chi connectivity index (χ4v) is 3.20. The fourth-order valence-electron chi connectivity index (χ4n) is 1.77. The Hall–Kier alpha value is -1.67. The van der Waals surface area contributed by atoms with Crippen molar-refractivity contribution in [2.75, 3.05) is 0 Å². The van der Waals surface area contributed by atoms with Crippen molar-refractivity contribution in [1.82, 2.24) is 20.3 Å². The highest BCUT2D eigenvalue weighted by Crippen LogP contribution is 2.33. The lowest BCUT2D eigenvalue weighted by Gasteiger charge is -2.01. The summed E-state index contributed by atoms with van der Waals surface area (Å²) >= 11 is 3.10. The zero-order chi connectivity index (χ0) is 15.5. The molecule has 0 saturated carbocycles. The minimum absolute atomic E-state index is 0.0324. The van der Waals surface area contributed by atoms with E-state index in [1.807, 2.05) is 32.2 Å². The molecule has 0 N–H and O–H groups in total. The van der Waals surface area contributed by atoms with E-state index in [-0.39, 0.29) is 11.2 Å². The first-order chi connectivity index (χ1) is 10.6. The molecule has 0 aromatic carbocycles. The lowest BCUT2D eigenvalue weighted by molar-refractivity contribution is 0.371. The summed E-state index contributed by atoms with van der Waals surface area (Å²) < 4.78 is 10.9. The molecule has 0 bridgehead atoms. The van der Waals surface area contributed by atoms with E-state index in [2.05, 4.69) is 26.4 Å². The van der Waals surface area contributed by atoms with Gasteiger partial charge in [-0.3, -0.25) is 0 Å². The quantitative estimate of drug-likeness (QED) is 0.627. The molecule has 0 amide bonds. The summed E-state index contributed by atoms with van der Waals surface area (Å²) in [5.41, 5.74) is 0. The van der Waals surface area contributed by atoms with Gasteiger partial charge in [-0.05, 0) is 18.4 Å². The van der Waals surface area contributed by atoms with Gasteiger partial charge >= 0.3 is 0 Å². The summed E-state index contributed by atoms with van der Waals surface area (Å²) in [6.45, 7) is 6.04. The highest BCUT2D eigenvalue weighted by atomic mass is 32.2. The van der Waals surface area contributed by atoms with Gasteiger partial charge in [0.15, 0.2) is 5.82 Å². The Balaban J connectivity index is 1.63. The molecule has 116 valence electrons. The average molecular weight is 336 g/mol. The Labute approximate surface area is 136 Å². The van der Waals surface area contributed by atoms with Crippen LogP contribution in [0.15, 0.2) is 31.7 Å². The van der Waals surface area contributed by atoms with Gasteiger partial charge in [-0.1, -0.05) is 36.8 Å². The van der Waals surface area contributed by atoms with E-state index >= 15 is 0 Å². The normalized spacial score (nSPS) is 12.9. The van der Waals surface area contributed by atoms with E-state index in [1.165, 1.54) is 16.6 Å². The van der Waals surface area contributed by atoms with Crippen molar-refractivity contribution in [3.8, 4) is 0 Å². The molecular formula is C14H16N4O2S2. The topological polar surface area (TPSA) is 77.8 Å². The number of hydrogen-bond donors (Lipinski definition) is 0. The van der Waals surface area contributed by atoms with Crippen molar-refractivity contribution in [1.29, 1.82) is 0 Å². The second-order valence-corrected chi connectivity index (χ2v) is 7.45. The van der Waals surface area contributed by atoms with E-state index in [1.54, 1.807) is 11.3 Å². The van der Waals surface area contributed by atoms with Crippen LogP contribution in [0.3, 0.4) is 0 Å². The maximum atomic E-state index is 5.66. The monoisotopic (exact) mass is 336 g/mol. The Morgan fingerprint density at radius 1 is 1.27 bits per heavy atom. The van der Waals surface area contributed by atoms with E-state index < -0.39 is 0 Å². The standard InChI is InChI=1S/C14H16N4O2S2/c1-8(2)12-15-13(20-18-12)9(3)22-14-17-16-11(19-14)7-10-5-4-6-21-10/h4-6,8-9H,7H2,1-3H3/t9-/m0/s1. The van der Waals surface area contributed by atoms with Gasteiger partial charge in [-0.2, -0.15) is 4.98 Å². The third-order valence-electron chi connectivity index (χ3n) is 2.95. The van der Waals surface area contributed by atoms with Gasteiger partial charge in [-0.25, -0.2) is 0 Å². The summed E-state index contributed by atoms with van der Waals surface area (Å²) in [6.07, 6.45) is 0.664. The molecule has 0 aliphatic rings. The van der Waals surface area contributed by atoms with Gasteiger partial charge in [0.05, 0.1) is 11.7 Å². The van der Waals surface area contributed by atoms with Gasteiger partial charge < -0.3 is 8.94 Å². The molecule has 0 unspecified atom stereocenters. The summed E-state index contributed by atoms with van der Waals surface area (Å²) in [5.74, 6) is 2.15. The zero-order valence-corrected chi connectivity index (χ0v) is 14.1. The highest BCUT2D eigenvalue weighted by Gasteiger charge is 2.20. The predicted molar refractivity (Wildman–Crippen MR) is 84.1 cm³/mol. The second-order valence-electron chi connectivity index (χ2n) is 5.12.